The highest BCUT2D eigenvalue weighted by molar-refractivity contribution is 7.99. The first kappa shape index (κ1) is 30.5. The van der Waals surface area contributed by atoms with Crippen LogP contribution >= 0.6 is 11.8 Å². The average molecular weight is 628 g/mol. The van der Waals surface area contributed by atoms with Crippen molar-refractivity contribution in [1.82, 2.24) is 14.5 Å². The quantitative estimate of drug-likeness (QED) is 0.114. The molecule has 10 heteroatoms. The molecule has 5 aromatic rings. The summed E-state index contributed by atoms with van der Waals surface area (Å²) in [4.78, 5) is 22.0. The van der Waals surface area contributed by atoms with Gasteiger partial charge in [-0.25, -0.2) is 18.7 Å². The van der Waals surface area contributed by atoms with Crippen molar-refractivity contribution in [1.29, 1.82) is 0 Å². The SMILES string of the molecule is Cc1cc(-c2cc(F)c(=O)n(Cc3ccc4c(c3)OCCO4)c2)nc(SCCC(OCc2ccccc2F)c2ccccc2)n1. The standard InChI is InChI=1S/C35H31F2N3O4S/c1-23-17-30(27-19-29(37)34(41)40(21-27)20-24-11-12-32-33(18-24)43-15-14-42-32)39-35(38-23)45-16-13-31(25-7-3-2-4-8-25)44-22-26-9-5-6-10-28(26)36/h2-12,17-19,21,31H,13-16,20,22H2,1H3. The summed E-state index contributed by atoms with van der Waals surface area (Å²) in [6, 6.07) is 24.8. The molecule has 0 radical (unpaired) electrons. The summed E-state index contributed by atoms with van der Waals surface area (Å²) in [5.41, 5.74) is 3.23. The lowest BCUT2D eigenvalue weighted by Gasteiger charge is -2.19. The van der Waals surface area contributed by atoms with Crippen LogP contribution in [-0.4, -0.2) is 33.5 Å². The van der Waals surface area contributed by atoms with E-state index in [0.717, 1.165) is 11.1 Å². The molecule has 0 bridgehead atoms. The predicted molar refractivity (Wildman–Crippen MR) is 169 cm³/mol. The maximum Gasteiger partial charge on any atom is 0.286 e. The third-order valence-electron chi connectivity index (χ3n) is 7.31. The van der Waals surface area contributed by atoms with Crippen LogP contribution in [0, 0.1) is 18.6 Å². The summed E-state index contributed by atoms with van der Waals surface area (Å²) in [6.07, 6.45) is 1.98. The van der Waals surface area contributed by atoms with Gasteiger partial charge in [-0.1, -0.05) is 66.4 Å². The molecule has 1 atom stereocenters. The van der Waals surface area contributed by atoms with Gasteiger partial charge in [0.15, 0.2) is 22.5 Å². The highest BCUT2D eigenvalue weighted by Crippen LogP contribution is 2.31. The minimum Gasteiger partial charge on any atom is -0.486 e. The van der Waals surface area contributed by atoms with Crippen LogP contribution in [0.5, 0.6) is 11.5 Å². The Morgan fingerprint density at radius 2 is 1.69 bits per heavy atom. The molecule has 0 spiro atoms. The highest BCUT2D eigenvalue weighted by Gasteiger charge is 2.17. The van der Waals surface area contributed by atoms with Gasteiger partial charge < -0.3 is 18.8 Å². The Bertz CT molecular complexity index is 1850. The molecule has 0 fully saturated rings. The average Bonchev–Trinajstić information content (AvgIpc) is 3.05. The molecule has 3 heterocycles. The molecule has 1 unspecified atom stereocenters. The maximum absolute atomic E-state index is 14.9. The second-order valence-electron chi connectivity index (χ2n) is 10.6. The first-order valence-electron chi connectivity index (χ1n) is 14.6. The Hall–Kier alpha value is -4.54. The van der Waals surface area contributed by atoms with E-state index in [9.17, 15) is 13.6 Å². The summed E-state index contributed by atoms with van der Waals surface area (Å²) < 4.78 is 47.9. The highest BCUT2D eigenvalue weighted by atomic mass is 32.2. The normalized spacial score (nSPS) is 13.0. The van der Waals surface area contributed by atoms with E-state index in [1.54, 1.807) is 42.6 Å². The zero-order valence-electron chi connectivity index (χ0n) is 24.6. The van der Waals surface area contributed by atoms with Crippen molar-refractivity contribution < 1.29 is 23.0 Å². The van der Waals surface area contributed by atoms with Crippen LogP contribution < -0.4 is 15.0 Å². The molecular formula is C35H31F2N3O4S. The number of nitrogens with zero attached hydrogens (tertiary/aromatic N) is 3. The fraction of sp³-hybridized carbons (Fsp3) is 0.229. The molecule has 3 aromatic carbocycles. The summed E-state index contributed by atoms with van der Waals surface area (Å²) in [7, 11) is 0. The summed E-state index contributed by atoms with van der Waals surface area (Å²) in [6.45, 7) is 3.08. The monoisotopic (exact) mass is 627 g/mol. The number of aryl methyl sites for hydroxylation is 1. The number of hydrogen-bond acceptors (Lipinski definition) is 7. The number of benzene rings is 3. The van der Waals surface area contributed by atoms with Crippen molar-refractivity contribution in [2.24, 2.45) is 0 Å². The molecule has 45 heavy (non-hydrogen) atoms. The predicted octanol–water partition coefficient (Wildman–Crippen LogP) is 7.15. The van der Waals surface area contributed by atoms with E-state index < -0.39 is 11.4 Å². The van der Waals surface area contributed by atoms with Gasteiger partial charge in [-0.3, -0.25) is 4.79 Å². The molecule has 0 N–H and O–H groups in total. The minimum atomic E-state index is -0.867. The van der Waals surface area contributed by atoms with Gasteiger partial charge in [0.1, 0.15) is 19.0 Å². The largest absolute Gasteiger partial charge is 0.486 e. The van der Waals surface area contributed by atoms with Crippen molar-refractivity contribution in [3.63, 3.8) is 0 Å². The van der Waals surface area contributed by atoms with Gasteiger partial charge >= 0.3 is 0 Å². The van der Waals surface area contributed by atoms with Gasteiger partial charge in [-0.15, -0.1) is 0 Å². The van der Waals surface area contributed by atoms with Crippen LogP contribution in [0.1, 0.15) is 34.9 Å². The second kappa shape index (κ2) is 14.0. The number of fused-ring (bicyclic) bond motifs is 1. The minimum absolute atomic E-state index is 0.148. The van der Waals surface area contributed by atoms with Gasteiger partial charge in [0.05, 0.1) is 24.9 Å². The zero-order chi connectivity index (χ0) is 31.2. The smallest absolute Gasteiger partial charge is 0.286 e. The molecule has 0 saturated heterocycles. The number of rotatable bonds is 11. The van der Waals surface area contributed by atoms with E-state index in [4.69, 9.17) is 19.2 Å². The third kappa shape index (κ3) is 7.58. The summed E-state index contributed by atoms with van der Waals surface area (Å²) in [5, 5.41) is 0.524. The number of halogens is 2. The van der Waals surface area contributed by atoms with Crippen molar-refractivity contribution >= 4 is 11.8 Å². The van der Waals surface area contributed by atoms with Gasteiger partial charge in [0.2, 0.25) is 0 Å². The maximum atomic E-state index is 14.9. The lowest BCUT2D eigenvalue weighted by Crippen LogP contribution is -2.23. The van der Waals surface area contributed by atoms with Crippen LogP contribution in [0.3, 0.4) is 0 Å². The molecule has 0 aliphatic carbocycles. The summed E-state index contributed by atoms with van der Waals surface area (Å²) in [5.74, 6) is 0.702. The number of thioether (sulfide) groups is 1. The lowest BCUT2D eigenvalue weighted by molar-refractivity contribution is 0.0364. The van der Waals surface area contributed by atoms with Gasteiger partial charge in [0.25, 0.3) is 5.56 Å². The van der Waals surface area contributed by atoms with Crippen LogP contribution in [0.2, 0.25) is 0 Å². The van der Waals surface area contributed by atoms with Crippen LogP contribution in [0.15, 0.2) is 101 Å². The second-order valence-corrected chi connectivity index (χ2v) is 11.7. The topological polar surface area (TPSA) is 75.5 Å². The Labute approximate surface area is 263 Å². The molecule has 6 rings (SSSR count). The lowest BCUT2D eigenvalue weighted by atomic mass is 10.1. The zero-order valence-corrected chi connectivity index (χ0v) is 25.4. The molecule has 230 valence electrons. The Kier molecular flexibility index (Phi) is 9.52. The fourth-order valence-corrected chi connectivity index (χ4v) is 5.96. The molecule has 1 aliphatic rings. The molecular weight excluding hydrogens is 596 g/mol. The number of hydrogen-bond donors (Lipinski definition) is 0. The van der Waals surface area contributed by atoms with E-state index in [0.29, 0.717) is 64.6 Å². The molecule has 2 aromatic heterocycles. The van der Waals surface area contributed by atoms with E-state index in [-0.39, 0.29) is 25.1 Å². The van der Waals surface area contributed by atoms with Crippen LogP contribution in [-0.2, 0) is 17.9 Å². The van der Waals surface area contributed by atoms with Crippen molar-refractivity contribution in [2.75, 3.05) is 19.0 Å². The molecule has 0 amide bonds. The summed E-state index contributed by atoms with van der Waals surface area (Å²) >= 11 is 1.45. The van der Waals surface area contributed by atoms with Crippen LogP contribution in [0.25, 0.3) is 11.3 Å². The Balaban J connectivity index is 1.17. The van der Waals surface area contributed by atoms with Gasteiger partial charge in [-0.05, 0) is 54.8 Å². The van der Waals surface area contributed by atoms with Gasteiger partial charge in [-0.2, -0.15) is 0 Å². The van der Waals surface area contributed by atoms with E-state index in [1.165, 1.54) is 28.5 Å². The first-order valence-corrected chi connectivity index (χ1v) is 15.6. The van der Waals surface area contributed by atoms with Crippen molar-refractivity contribution in [2.45, 2.75) is 37.8 Å². The van der Waals surface area contributed by atoms with Crippen molar-refractivity contribution in [3.8, 4) is 22.8 Å². The van der Waals surface area contributed by atoms with E-state index in [1.807, 2.05) is 43.3 Å². The van der Waals surface area contributed by atoms with E-state index in [2.05, 4.69) is 4.98 Å². The Morgan fingerprint density at radius 1 is 0.911 bits per heavy atom. The number of pyridine rings is 1. The molecule has 7 nitrogen and oxygen atoms in total. The molecule has 0 saturated carbocycles. The van der Waals surface area contributed by atoms with Crippen molar-refractivity contribution in [3.05, 3.63) is 135 Å². The van der Waals surface area contributed by atoms with E-state index >= 15 is 0 Å². The Morgan fingerprint density at radius 3 is 2.51 bits per heavy atom. The fourth-order valence-electron chi connectivity index (χ4n) is 5.07. The van der Waals surface area contributed by atoms with Gasteiger partial charge in [0, 0.05) is 28.8 Å². The third-order valence-corrected chi connectivity index (χ3v) is 8.19. The number of aromatic nitrogens is 3. The number of ether oxygens (including phenoxy) is 3. The first-order chi connectivity index (χ1) is 21.9. The van der Waals surface area contributed by atoms with Crippen LogP contribution in [0.4, 0.5) is 8.78 Å². The molecule has 1 aliphatic heterocycles.